The minimum Gasteiger partial charge on any atom is -0.311 e. The molecule has 2 aliphatic rings. The van der Waals surface area contributed by atoms with Gasteiger partial charge in [0.05, 0.1) is 33.1 Å². The predicted molar refractivity (Wildman–Crippen MR) is 464 cm³/mol. The Morgan fingerprint density at radius 1 is 0.198 bits per heavy atom. The van der Waals surface area contributed by atoms with Gasteiger partial charge in [-0.3, -0.25) is 0 Å². The van der Waals surface area contributed by atoms with Crippen LogP contribution in [0.4, 0.5) is 34.1 Å². The van der Waals surface area contributed by atoms with E-state index in [1.807, 2.05) is 18.2 Å². The number of pyridine rings is 2. The molecule has 16 aromatic carbocycles. The van der Waals surface area contributed by atoms with Crippen molar-refractivity contribution in [2.24, 2.45) is 0 Å². The summed E-state index contributed by atoms with van der Waals surface area (Å²) < 4.78 is 5.00. The average Bonchev–Trinajstić information content (AvgIpc) is 1.33. The fraction of sp³-hybridized carbons (Fsp3) is 0. The van der Waals surface area contributed by atoms with Crippen LogP contribution in [0.15, 0.2) is 388 Å². The maximum atomic E-state index is 5.43. The molecular weight excluding hydrogens is 1350 g/mol. The van der Waals surface area contributed by atoms with Crippen LogP contribution in [0.2, 0.25) is 0 Å². The molecule has 0 spiro atoms. The van der Waals surface area contributed by atoms with E-state index in [9.17, 15) is 0 Å². The van der Waals surface area contributed by atoms with Gasteiger partial charge in [-0.15, -0.1) is 0 Å². The van der Waals surface area contributed by atoms with Crippen LogP contribution in [-0.4, -0.2) is 30.5 Å². The maximum absolute atomic E-state index is 5.43. The standard InChI is InChI=1S/C103H64BN7/c1-5-28-65(29-6-1)96-83-47-18-22-51-89(83)110-90-57-55-71(61-85(90)79-43-14-16-46-82(79)99(96)110)69-35-26-38-74(59-69)103-106-101(67-32-9-3-10-33-67)105-102(107-103)73-37-25-34-68(58-73)70-36-27-41-77(60-70)109-92-53-24-20-49-87(92)104-86-48-19-23-52-91(86)108(76-39-11-4-12-40-76)94-63-75(64-95(109)98(94)104)72-54-56-84-93(62-72)111-88-50-21-17-44-80(88)78-42-13-15-45-81(78)100(111)97(84)66-30-7-2-8-31-66/h1-64H. The van der Waals surface area contributed by atoms with Gasteiger partial charge in [-0.2, -0.15) is 0 Å². The molecule has 111 heavy (non-hydrogen) atoms. The Balaban J connectivity index is 0.667. The molecule has 21 aromatic rings. The van der Waals surface area contributed by atoms with Crippen LogP contribution in [0.3, 0.4) is 0 Å². The largest absolute Gasteiger partial charge is 0.311 e. The summed E-state index contributed by atoms with van der Waals surface area (Å²) in [6.07, 6.45) is 0. The molecular formula is C103H64BN7. The zero-order valence-electron chi connectivity index (χ0n) is 60.2. The van der Waals surface area contributed by atoms with E-state index in [0.29, 0.717) is 17.5 Å². The summed E-state index contributed by atoms with van der Waals surface area (Å²) in [5, 5.41) is 9.74. The molecule has 2 aliphatic heterocycles. The first-order valence-electron chi connectivity index (χ1n) is 38.1. The maximum Gasteiger partial charge on any atom is 0.252 e. The fourth-order valence-corrected chi connectivity index (χ4v) is 18.4. The number of hydrogen-bond acceptors (Lipinski definition) is 5. The Bertz CT molecular complexity index is 7420. The number of fused-ring (bicyclic) bond motifs is 20. The summed E-state index contributed by atoms with van der Waals surface area (Å²) >= 11 is 0. The summed E-state index contributed by atoms with van der Waals surface area (Å²) in [6.45, 7) is -0.0573. The summed E-state index contributed by atoms with van der Waals surface area (Å²) in [5.41, 5.74) is 31.7. The zero-order chi connectivity index (χ0) is 72.8. The van der Waals surface area contributed by atoms with E-state index >= 15 is 0 Å². The third-order valence-electron chi connectivity index (χ3n) is 23.2. The fourth-order valence-electron chi connectivity index (χ4n) is 18.4. The molecule has 7 nitrogen and oxygen atoms in total. The van der Waals surface area contributed by atoms with Gasteiger partial charge in [-0.1, -0.05) is 297 Å². The van der Waals surface area contributed by atoms with E-state index in [4.69, 9.17) is 15.0 Å². The summed E-state index contributed by atoms with van der Waals surface area (Å²) in [4.78, 5) is 21.1. The van der Waals surface area contributed by atoms with Crippen LogP contribution in [-0.2, 0) is 0 Å². The normalized spacial score (nSPS) is 12.5. The van der Waals surface area contributed by atoms with Crippen molar-refractivity contribution in [1.82, 2.24) is 23.8 Å². The Morgan fingerprint density at radius 3 is 1.17 bits per heavy atom. The van der Waals surface area contributed by atoms with Gasteiger partial charge in [0, 0.05) is 94.3 Å². The molecule has 0 unspecified atom stereocenters. The summed E-state index contributed by atoms with van der Waals surface area (Å²) in [5.74, 6) is 1.78. The number of nitrogens with zero attached hydrogens (tertiary/aromatic N) is 7. The van der Waals surface area contributed by atoms with Crippen LogP contribution in [0.25, 0.3) is 166 Å². The second kappa shape index (κ2) is 24.9. The third-order valence-corrected chi connectivity index (χ3v) is 23.2. The molecule has 0 bridgehead atoms. The van der Waals surface area contributed by atoms with Crippen LogP contribution >= 0.6 is 0 Å². The van der Waals surface area contributed by atoms with Crippen molar-refractivity contribution in [1.29, 1.82) is 0 Å². The Morgan fingerprint density at radius 2 is 0.577 bits per heavy atom. The smallest absolute Gasteiger partial charge is 0.252 e. The van der Waals surface area contributed by atoms with Gasteiger partial charge in [0.1, 0.15) is 0 Å². The SMILES string of the molecule is c1ccc(-c2nc(-c3cccc(-c4cccc(N5c6ccccc6B6c7ccccc7N(c7ccccc7)c7cc(-c8ccc9c(-c%10ccccc%10)c%10c%11ccccc%11c%11ccccc%11n%10c9c8)cc5c76)c4)c3)nc(-c3cccc(-c4ccc5c(c4)c4ccccc4c4c(-c6ccccc6)c6ccccc6n54)c3)n2)cc1. The van der Waals surface area contributed by atoms with E-state index in [1.165, 1.54) is 109 Å². The van der Waals surface area contributed by atoms with Crippen molar-refractivity contribution in [3.8, 4) is 89.8 Å². The minimum atomic E-state index is -0.0573. The molecule has 7 heterocycles. The number of benzene rings is 16. The Labute approximate surface area is 640 Å². The van der Waals surface area contributed by atoms with Crippen molar-refractivity contribution < 1.29 is 0 Å². The highest BCUT2D eigenvalue weighted by Crippen LogP contribution is 2.50. The first-order chi connectivity index (χ1) is 55.1. The molecule has 23 rings (SSSR count). The topological polar surface area (TPSA) is 54.0 Å². The zero-order valence-corrected chi connectivity index (χ0v) is 60.2. The van der Waals surface area contributed by atoms with Crippen LogP contribution in [0.1, 0.15) is 0 Å². The van der Waals surface area contributed by atoms with Gasteiger partial charge in [0.15, 0.2) is 17.5 Å². The second-order valence-corrected chi connectivity index (χ2v) is 29.3. The third kappa shape index (κ3) is 9.77. The first kappa shape index (κ1) is 62.5. The molecule has 0 fully saturated rings. The highest BCUT2D eigenvalue weighted by atomic mass is 15.2. The molecule has 5 aromatic heterocycles. The molecule has 0 aliphatic carbocycles. The molecule has 514 valence electrons. The van der Waals surface area contributed by atoms with E-state index < -0.39 is 0 Å². The van der Waals surface area contributed by atoms with Crippen molar-refractivity contribution >= 4 is 133 Å². The van der Waals surface area contributed by atoms with Gasteiger partial charge >= 0.3 is 0 Å². The summed E-state index contributed by atoms with van der Waals surface area (Å²) in [6, 6.07) is 142. The minimum absolute atomic E-state index is 0.0573. The summed E-state index contributed by atoms with van der Waals surface area (Å²) in [7, 11) is 0. The van der Waals surface area contributed by atoms with E-state index in [2.05, 4.69) is 389 Å². The lowest BCUT2D eigenvalue weighted by molar-refractivity contribution is 1.07. The van der Waals surface area contributed by atoms with Gasteiger partial charge < -0.3 is 18.6 Å². The predicted octanol–water partition coefficient (Wildman–Crippen LogP) is 24.7. The van der Waals surface area contributed by atoms with Gasteiger partial charge in [0.2, 0.25) is 0 Å². The van der Waals surface area contributed by atoms with Gasteiger partial charge in [0.25, 0.3) is 6.71 Å². The Hall–Kier alpha value is -14.7. The molecule has 0 radical (unpaired) electrons. The molecule has 0 amide bonds. The lowest BCUT2D eigenvalue weighted by Crippen LogP contribution is -2.61. The number of hydrogen-bond donors (Lipinski definition) is 0. The quantitative estimate of drug-likeness (QED) is 0.101. The number of para-hydroxylation sites is 5. The average molecular weight is 1410 g/mol. The number of aromatic nitrogens is 5. The molecule has 0 atom stereocenters. The highest BCUT2D eigenvalue weighted by Gasteiger charge is 2.44. The highest BCUT2D eigenvalue weighted by molar-refractivity contribution is 7.00. The molecule has 0 saturated carbocycles. The van der Waals surface area contributed by atoms with Crippen LogP contribution in [0.5, 0.6) is 0 Å². The molecule has 0 saturated heterocycles. The lowest BCUT2D eigenvalue weighted by Gasteiger charge is -2.44. The first-order valence-corrected chi connectivity index (χ1v) is 38.1. The molecule has 8 heteroatoms. The second-order valence-electron chi connectivity index (χ2n) is 29.3. The van der Waals surface area contributed by atoms with Crippen LogP contribution in [0, 0.1) is 0 Å². The van der Waals surface area contributed by atoms with Gasteiger partial charge in [-0.25, -0.2) is 15.0 Å². The van der Waals surface area contributed by atoms with Crippen LogP contribution < -0.4 is 26.2 Å². The van der Waals surface area contributed by atoms with Gasteiger partial charge in [-0.05, 0) is 163 Å². The molecule has 0 N–H and O–H groups in total. The lowest BCUT2D eigenvalue weighted by atomic mass is 9.33. The van der Waals surface area contributed by atoms with E-state index in [1.54, 1.807) is 0 Å². The number of rotatable bonds is 10. The monoisotopic (exact) mass is 1410 g/mol. The van der Waals surface area contributed by atoms with Crippen molar-refractivity contribution in [2.45, 2.75) is 0 Å². The van der Waals surface area contributed by atoms with Crippen molar-refractivity contribution in [3.05, 3.63) is 388 Å². The van der Waals surface area contributed by atoms with Crippen molar-refractivity contribution in [2.75, 3.05) is 9.80 Å². The Kier molecular flexibility index (Phi) is 14.0. The number of anilines is 6. The van der Waals surface area contributed by atoms with E-state index in [0.717, 1.165) is 89.5 Å². The van der Waals surface area contributed by atoms with E-state index in [-0.39, 0.29) is 6.71 Å². The van der Waals surface area contributed by atoms with Crippen molar-refractivity contribution in [3.63, 3.8) is 0 Å².